The van der Waals surface area contributed by atoms with Crippen molar-refractivity contribution in [1.29, 1.82) is 5.26 Å². The van der Waals surface area contributed by atoms with E-state index in [0.717, 1.165) is 11.1 Å². The third-order valence-electron chi connectivity index (χ3n) is 1.91. The van der Waals surface area contributed by atoms with Crippen molar-refractivity contribution in [2.75, 3.05) is 0 Å². The summed E-state index contributed by atoms with van der Waals surface area (Å²) in [5, 5.41) is 17.8. The number of aryl methyl sites for hydroxylation is 1. The highest BCUT2D eigenvalue weighted by Crippen LogP contribution is 2.22. The van der Waals surface area contributed by atoms with Crippen LogP contribution in [0.5, 0.6) is 5.75 Å². The molecule has 0 aliphatic carbocycles. The maximum atomic E-state index is 9.11. The average Bonchev–Trinajstić information content (AvgIpc) is 2.03. The van der Waals surface area contributed by atoms with Gasteiger partial charge in [-0.05, 0) is 37.1 Å². The Labute approximate surface area is 72.1 Å². The molecule has 2 heteroatoms. The molecular formula is C10H11NO. The summed E-state index contributed by atoms with van der Waals surface area (Å²) in [7, 11) is 0. The van der Waals surface area contributed by atoms with E-state index in [2.05, 4.69) is 6.07 Å². The van der Waals surface area contributed by atoms with Gasteiger partial charge in [0.05, 0.1) is 12.0 Å². The van der Waals surface area contributed by atoms with Gasteiger partial charge in [0.1, 0.15) is 5.75 Å². The summed E-state index contributed by atoms with van der Waals surface area (Å²) in [6.45, 7) is 3.74. The summed E-state index contributed by atoms with van der Waals surface area (Å²) in [6.07, 6.45) is 0. The van der Waals surface area contributed by atoms with E-state index in [4.69, 9.17) is 10.4 Å². The fourth-order valence-electron chi connectivity index (χ4n) is 1.22. The van der Waals surface area contributed by atoms with E-state index >= 15 is 0 Å². The number of phenols is 1. The fraction of sp³-hybridized carbons (Fsp3) is 0.300. The second-order valence-electron chi connectivity index (χ2n) is 2.89. The molecule has 0 spiro atoms. The van der Waals surface area contributed by atoms with Gasteiger partial charge >= 0.3 is 0 Å². The van der Waals surface area contributed by atoms with Crippen molar-refractivity contribution in [2.45, 2.75) is 19.8 Å². The Hall–Kier alpha value is -1.49. The van der Waals surface area contributed by atoms with Gasteiger partial charge in [-0.25, -0.2) is 0 Å². The molecule has 0 aromatic heterocycles. The largest absolute Gasteiger partial charge is 0.508 e. The maximum absolute atomic E-state index is 9.11. The molecule has 0 aliphatic rings. The van der Waals surface area contributed by atoms with E-state index < -0.39 is 0 Å². The zero-order valence-corrected chi connectivity index (χ0v) is 7.20. The van der Waals surface area contributed by atoms with E-state index in [1.165, 1.54) is 0 Å². The van der Waals surface area contributed by atoms with Crippen molar-refractivity contribution in [1.82, 2.24) is 0 Å². The number of rotatable bonds is 1. The van der Waals surface area contributed by atoms with Gasteiger partial charge in [0, 0.05) is 0 Å². The van der Waals surface area contributed by atoms with Gasteiger partial charge in [-0.3, -0.25) is 0 Å². The quantitative estimate of drug-likeness (QED) is 0.687. The fourth-order valence-corrected chi connectivity index (χ4v) is 1.22. The van der Waals surface area contributed by atoms with Crippen LogP contribution in [0.25, 0.3) is 0 Å². The van der Waals surface area contributed by atoms with Crippen LogP contribution in [0.4, 0.5) is 0 Å². The van der Waals surface area contributed by atoms with E-state index in [1.54, 1.807) is 18.2 Å². The summed E-state index contributed by atoms with van der Waals surface area (Å²) in [5.41, 5.74) is 1.94. The van der Waals surface area contributed by atoms with Gasteiger partial charge in [-0.1, -0.05) is 6.07 Å². The Balaban J connectivity index is 3.11. The molecule has 1 N–H and O–H groups in total. The van der Waals surface area contributed by atoms with E-state index in [1.807, 2.05) is 13.8 Å². The number of aromatic hydroxyl groups is 1. The molecular weight excluding hydrogens is 150 g/mol. The van der Waals surface area contributed by atoms with E-state index in [9.17, 15) is 0 Å². The van der Waals surface area contributed by atoms with Crippen LogP contribution in [0.2, 0.25) is 0 Å². The lowest BCUT2D eigenvalue weighted by molar-refractivity contribution is 0.474. The molecule has 0 bridgehead atoms. The highest BCUT2D eigenvalue weighted by atomic mass is 16.3. The predicted octanol–water partition coefficient (Wildman–Crippen LogP) is 2.33. The van der Waals surface area contributed by atoms with Gasteiger partial charge < -0.3 is 5.11 Å². The minimum atomic E-state index is -0.106. The predicted molar refractivity (Wildman–Crippen MR) is 46.9 cm³/mol. The first-order valence-electron chi connectivity index (χ1n) is 3.84. The minimum absolute atomic E-state index is 0.106. The van der Waals surface area contributed by atoms with Crippen LogP contribution >= 0.6 is 0 Å². The summed E-state index contributed by atoms with van der Waals surface area (Å²) in [4.78, 5) is 0. The Morgan fingerprint density at radius 1 is 1.50 bits per heavy atom. The molecule has 1 unspecified atom stereocenters. The number of hydrogen-bond acceptors (Lipinski definition) is 2. The average molecular weight is 161 g/mol. The van der Waals surface area contributed by atoms with Gasteiger partial charge in [0.2, 0.25) is 0 Å². The van der Waals surface area contributed by atoms with E-state index in [-0.39, 0.29) is 11.7 Å². The highest BCUT2D eigenvalue weighted by Gasteiger charge is 2.06. The van der Waals surface area contributed by atoms with Crippen LogP contribution in [0.15, 0.2) is 18.2 Å². The van der Waals surface area contributed by atoms with Crippen molar-refractivity contribution in [2.24, 2.45) is 0 Å². The molecule has 0 radical (unpaired) electrons. The normalized spacial score (nSPS) is 12.1. The molecule has 0 saturated carbocycles. The van der Waals surface area contributed by atoms with Crippen LogP contribution in [0.1, 0.15) is 24.0 Å². The molecule has 0 amide bonds. The molecule has 0 heterocycles. The van der Waals surface area contributed by atoms with Gasteiger partial charge in [-0.2, -0.15) is 5.26 Å². The number of hydrogen-bond donors (Lipinski definition) is 1. The Morgan fingerprint density at radius 2 is 2.17 bits per heavy atom. The third kappa shape index (κ3) is 1.57. The zero-order valence-electron chi connectivity index (χ0n) is 7.20. The lowest BCUT2D eigenvalue weighted by Gasteiger charge is -2.06. The van der Waals surface area contributed by atoms with E-state index in [0.29, 0.717) is 0 Å². The number of benzene rings is 1. The highest BCUT2D eigenvalue weighted by molar-refractivity contribution is 5.37. The molecule has 1 rings (SSSR count). The molecule has 0 aliphatic heterocycles. The second-order valence-corrected chi connectivity index (χ2v) is 2.89. The SMILES string of the molecule is Cc1cc(O)ccc1C(C)C#N. The summed E-state index contributed by atoms with van der Waals surface area (Å²) < 4.78 is 0. The van der Waals surface area contributed by atoms with Crippen molar-refractivity contribution in [3.63, 3.8) is 0 Å². The van der Waals surface area contributed by atoms with Crippen molar-refractivity contribution in [3.8, 4) is 11.8 Å². The molecule has 1 aromatic carbocycles. The molecule has 1 aromatic rings. The Morgan fingerprint density at radius 3 is 2.67 bits per heavy atom. The van der Waals surface area contributed by atoms with Crippen LogP contribution in [0.3, 0.4) is 0 Å². The standard InChI is InChI=1S/C10H11NO/c1-7-5-9(12)3-4-10(7)8(2)6-11/h3-5,8,12H,1-2H3. The van der Waals surface area contributed by atoms with Gasteiger partial charge in [-0.15, -0.1) is 0 Å². The third-order valence-corrected chi connectivity index (χ3v) is 1.91. The molecule has 62 valence electrons. The molecule has 0 fully saturated rings. The number of nitriles is 1. The molecule has 12 heavy (non-hydrogen) atoms. The van der Waals surface area contributed by atoms with Gasteiger partial charge in [0.15, 0.2) is 0 Å². The summed E-state index contributed by atoms with van der Waals surface area (Å²) in [5.74, 6) is 0.145. The summed E-state index contributed by atoms with van der Waals surface area (Å²) in [6, 6.07) is 7.23. The van der Waals surface area contributed by atoms with Crippen LogP contribution in [-0.4, -0.2) is 5.11 Å². The molecule has 1 atom stereocenters. The minimum Gasteiger partial charge on any atom is -0.508 e. The number of nitrogens with zero attached hydrogens (tertiary/aromatic N) is 1. The molecule has 0 saturated heterocycles. The lowest BCUT2D eigenvalue weighted by Crippen LogP contribution is -1.92. The second kappa shape index (κ2) is 3.27. The first kappa shape index (κ1) is 8.61. The van der Waals surface area contributed by atoms with Crippen LogP contribution in [-0.2, 0) is 0 Å². The maximum Gasteiger partial charge on any atom is 0.115 e. The zero-order chi connectivity index (χ0) is 9.14. The number of phenolic OH excluding ortho intramolecular Hbond substituents is 1. The monoisotopic (exact) mass is 161 g/mol. The first-order valence-corrected chi connectivity index (χ1v) is 3.84. The smallest absolute Gasteiger partial charge is 0.115 e. The lowest BCUT2D eigenvalue weighted by atomic mass is 9.98. The Bertz CT molecular complexity index is 325. The topological polar surface area (TPSA) is 44.0 Å². The molecule has 2 nitrogen and oxygen atoms in total. The van der Waals surface area contributed by atoms with Crippen LogP contribution < -0.4 is 0 Å². The van der Waals surface area contributed by atoms with Crippen molar-refractivity contribution < 1.29 is 5.11 Å². The van der Waals surface area contributed by atoms with Crippen LogP contribution in [0, 0.1) is 18.3 Å². The first-order chi connectivity index (χ1) is 5.65. The van der Waals surface area contributed by atoms with Gasteiger partial charge in [0.25, 0.3) is 0 Å². The van der Waals surface area contributed by atoms with Crippen molar-refractivity contribution in [3.05, 3.63) is 29.3 Å². The van der Waals surface area contributed by atoms with Crippen molar-refractivity contribution >= 4 is 0 Å². The summed E-state index contributed by atoms with van der Waals surface area (Å²) >= 11 is 0. The Kier molecular flexibility index (Phi) is 2.35.